The van der Waals surface area contributed by atoms with Gasteiger partial charge in [-0.05, 0) is 32.7 Å². The summed E-state index contributed by atoms with van der Waals surface area (Å²) in [5.74, 6) is 1.29. The van der Waals surface area contributed by atoms with E-state index in [2.05, 4.69) is 18.1 Å². The molecule has 0 saturated carbocycles. The summed E-state index contributed by atoms with van der Waals surface area (Å²) in [6, 6.07) is 8.31. The van der Waals surface area contributed by atoms with Gasteiger partial charge < -0.3 is 0 Å². The Bertz CT molecular complexity index is 392. The third kappa shape index (κ3) is 4.46. The molecule has 0 saturated heterocycles. The Labute approximate surface area is 115 Å². The van der Waals surface area contributed by atoms with Crippen LogP contribution in [0.4, 0.5) is 0 Å². The highest BCUT2D eigenvalue weighted by molar-refractivity contribution is 7.98. The van der Waals surface area contributed by atoms with Crippen molar-refractivity contribution in [3.8, 4) is 0 Å². The molecule has 0 N–H and O–H groups in total. The normalized spacial score (nSPS) is 12.7. The van der Waals surface area contributed by atoms with Gasteiger partial charge in [-0.15, -0.1) is 0 Å². The summed E-state index contributed by atoms with van der Waals surface area (Å²) in [7, 11) is 2.04. The average Bonchev–Trinajstić information content (AvgIpc) is 2.35. The number of carbonyl (C=O) groups excluding carboxylic acids is 1. The van der Waals surface area contributed by atoms with Crippen LogP contribution in [0.25, 0.3) is 0 Å². The summed E-state index contributed by atoms with van der Waals surface area (Å²) in [5, 5.41) is 0. The molecule has 3 heteroatoms. The van der Waals surface area contributed by atoms with Gasteiger partial charge in [0, 0.05) is 17.4 Å². The summed E-state index contributed by atoms with van der Waals surface area (Å²) >= 11 is 1.84. The number of aryl methyl sites for hydroxylation is 1. The van der Waals surface area contributed by atoms with E-state index in [9.17, 15) is 4.79 Å². The van der Waals surface area contributed by atoms with Crippen molar-refractivity contribution in [2.45, 2.75) is 26.3 Å². The SMILES string of the molecule is CCC(CSC)N(C)CC(=O)c1cccc(C)c1. The topological polar surface area (TPSA) is 20.3 Å². The molecule has 0 aliphatic carbocycles. The Morgan fingerprint density at radius 3 is 2.72 bits per heavy atom. The van der Waals surface area contributed by atoms with Gasteiger partial charge in [0.25, 0.3) is 0 Å². The van der Waals surface area contributed by atoms with Crippen LogP contribution in [0.3, 0.4) is 0 Å². The molecule has 1 aromatic rings. The second-order valence-corrected chi connectivity index (χ2v) is 5.64. The minimum atomic E-state index is 0.209. The largest absolute Gasteiger partial charge is 0.295 e. The number of carbonyl (C=O) groups is 1. The molecule has 0 aliphatic rings. The fourth-order valence-electron chi connectivity index (χ4n) is 2.01. The van der Waals surface area contributed by atoms with Crippen molar-refractivity contribution in [3.05, 3.63) is 35.4 Å². The molecule has 2 nitrogen and oxygen atoms in total. The van der Waals surface area contributed by atoms with Crippen molar-refractivity contribution >= 4 is 17.5 Å². The maximum absolute atomic E-state index is 12.2. The lowest BCUT2D eigenvalue weighted by molar-refractivity contribution is 0.0925. The maximum Gasteiger partial charge on any atom is 0.176 e. The number of likely N-dealkylation sites (N-methyl/N-ethyl adjacent to an activating group) is 1. The highest BCUT2D eigenvalue weighted by atomic mass is 32.2. The molecule has 1 unspecified atom stereocenters. The molecule has 0 radical (unpaired) electrons. The predicted octanol–water partition coefficient (Wildman–Crippen LogP) is 3.25. The van der Waals surface area contributed by atoms with Crippen molar-refractivity contribution in [2.24, 2.45) is 0 Å². The van der Waals surface area contributed by atoms with Crippen LogP contribution in [0.5, 0.6) is 0 Å². The van der Waals surface area contributed by atoms with Crippen LogP contribution in [-0.4, -0.2) is 42.3 Å². The second-order valence-electron chi connectivity index (χ2n) is 4.73. The quantitative estimate of drug-likeness (QED) is 0.706. The first-order chi connectivity index (χ1) is 8.58. The van der Waals surface area contributed by atoms with Crippen molar-refractivity contribution in [1.29, 1.82) is 0 Å². The van der Waals surface area contributed by atoms with Crippen molar-refractivity contribution in [3.63, 3.8) is 0 Å². The lowest BCUT2D eigenvalue weighted by Gasteiger charge is -2.25. The molecular weight excluding hydrogens is 242 g/mol. The first-order valence-electron chi connectivity index (χ1n) is 6.37. The summed E-state index contributed by atoms with van der Waals surface area (Å²) < 4.78 is 0. The number of hydrogen-bond acceptors (Lipinski definition) is 3. The third-order valence-corrected chi connectivity index (χ3v) is 3.90. The molecule has 0 fully saturated rings. The van der Waals surface area contributed by atoms with Gasteiger partial charge >= 0.3 is 0 Å². The summed E-state index contributed by atoms with van der Waals surface area (Å²) in [5.41, 5.74) is 1.96. The van der Waals surface area contributed by atoms with Crippen LogP contribution >= 0.6 is 11.8 Å². The maximum atomic E-state index is 12.2. The average molecular weight is 265 g/mol. The molecule has 0 spiro atoms. The molecule has 1 aromatic carbocycles. The number of hydrogen-bond donors (Lipinski definition) is 0. The molecule has 0 amide bonds. The van der Waals surface area contributed by atoms with Crippen LogP contribution in [0, 0.1) is 6.92 Å². The fraction of sp³-hybridized carbons (Fsp3) is 0.533. The van der Waals surface area contributed by atoms with E-state index in [1.807, 2.05) is 50.0 Å². The van der Waals surface area contributed by atoms with Crippen LogP contribution in [0.15, 0.2) is 24.3 Å². The molecule has 0 aromatic heterocycles. The van der Waals surface area contributed by atoms with Gasteiger partial charge in [-0.1, -0.05) is 30.7 Å². The van der Waals surface area contributed by atoms with Gasteiger partial charge in [-0.2, -0.15) is 11.8 Å². The Hall–Kier alpha value is -0.800. The molecule has 1 rings (SSSR count). The van der Waals surface area contributed by atoms with Crippen LogP contribution in [-0.2, 0) is 0 Å². The predicted molar refractivity (Wildman–Crippen MR) is 80.6 cm³/mol. The van der Waals surface area contributed by atoms with Gasteiger partial charge in [0.2, 0.25) is 0 Å². The van der Waals surface area contributed by atoms with E-state index < -0.39 is 0 Å². The fourth-order valence-corrected chi connectivity index (χ4v) is 2.89. The van der Waals surface area contributed by atoms with Gasteiger partial charge in [0.05, 0.1) is 6.54 Å². The van der Waals surface area contributed by atoms with E-state index in [1.165, 1.54) is 0 Å². The number of nitrogens with zero attached hydrogens (tertiary/aromatic N) is 1. The minimum absolute atomic E-state index is 0.209. The van der Waals surface area contributed by atoms with Crippen molar-refractivity contribution < 1.29 is 4.79 Å². The lowest BCUT2D eigenvalue weighted by atomic mass is 10.1. The number of benzene rings is 1. The Balaban J connectivity index is 2.63. The van der Waals surface area contributed by atoms with E-state index in [4.69, 9.17) is 0 Å². The smallest absolute Gasteiger partial charge is 0.176 e. The number of Topliss-reactive ketones (excluding diaryl/α,β-unsaturated/α-hetero) is 1. The highest BCUT2D eigenvalue weighted by Crippen LogP contribution is 2.11. The van der Waals surface area contributed by atoms with Crippen LogP contribution in [0.1, 0.15) is 29.3 Å². The molecule has 1 atom stereocenters. The van der Waals surface area contributed by atoms with E-state index in [0.29, 0.717) is 12.6 Å². The Kier molecular flexibility index (Phi) is 6.44. The first-order valence-corrected chi connectivity index (χ1v) is 7.77. The van der Waals surface area contributed by atoms with E-state index in [1.54, 1.807) is 0 Å². The number of rotatable bonds is 7. The first kappa shape index (κ1) is 15.3. The van der Waals surface area contributed by atoms with Crippen molar-refractivity contribution in [1.82, 2.24) is 4.90 Å². The zero-order chi connectivity index (χ0) is 13.5. The Morgan fingerprint density at radius 1 is 1.44 bits per heavy atom. The monoisotopic (exact) mass is 265 g/mol. The minimum Gasteiger partial charge on any atom is -0.295 e. The zero-order valence-electron chi connectivity index (χ0n) is 11.8. The number of ketones is 1. The van der Waals surface area contributed by atoms with E-state index in [-0.39, 0.29) is 5.78 Å². The molecular formula is C15H23NOS. The Morgan fingerprint density at radius 2 is 2.17 bits per heavy atom. The van der Waals surface area contributed by atoms with Crippen LogP contribution < -0.4 is 0 Å². The lowest BCUT2D eigenvalue weighted by Crippen LogP contribution is -2.37. The molecule has 100 valence electrons. The van der Waals surface area contributed by atoms with Gasteiger partial charge in [-0.3, -0.25) is 9.69 Å². The summed E-state index contributed by atoms with van der Waals surface area (Å²) in [6.45, 7) is 4.69. The molecule has 0 aliphatic heterocycles. The standard InChI is InChI=1S/C15H23NOS/c1-5-14(11-18-4)16(3)10-15(17)13-8-6-7-12(2)9-13/h6-9,14H,5,10-11H2,1-4H3. The summed E-state index contributed by atoms with van der Waals surface area (Å²) in [4.78, 5) is 14.4. The molecule has 18 heavy (non-hydrogen) atoms. The second kappa shape index (κ2) is 7.59. The van der Waals surface area contributed by atoms with Gasteiger partial charge in [0.1, 0.15) is 0 Å². The summed E-state index contributed by atoms with van der Waals surface area (Å²) in [6.07, 6.45) is 3.19. The van der Waals surface area contributed by atoms with E-state index in [0.717, 1.165) is 23.3 Å². The highest BCUT2D eigenvalue weighted by Gasteiger charge is 2.16. The zero-order valence-corrected chi connectivity index (χ0v) is 12.6. The molecule has 0 heterocycles. The van der Waals surface area contributed by atoms with Gasteiger partial charge in [0.15, 0.2) is 5.78 Å². The molecule has 0 bridgehead atoms. The van der Waals surface area contributed by atoms with Crippen molar-refractivity contribution in [2.75, 3.05) is 25.6 Å². The van der Waals surface area contributed by atoms with Gasteiger partial charge in [-0.25, -0.2) is 0 Å². The number of thioether (sulfide) groups is 1. The van der Waals surface area contributed by atoms with E-state index >= 15 is 0 Å². The third-order valence-electron chi connectivity index (χ3n) is 3.19. The van der Waals surface area contributed by atoms with Crippen LogP contribution in [0.2, 0.25) is 0 Å².